The van der Waals surface area contributed by atoms with Crippen LogP contribution in [0.2, 0.25) is 0 Å². The number of nitrogens with zero attached hydrogens (tertiary/aromatic N) is 5. The molecule has 0 N–H and O–H groups in total. The van der Waals surface area contributed by atoms with Crippen LogP contribution in [0, 0.1) is 13.8 Å². The van der Waals surface area contributed by atoms with Crippen molar-refractivity contribution in [2.45, 2.75) is 107 Å². The number of rotatable bonds is 19. The second-order valence-corrected chi connectivity index (χ2v) is 15.6. The Morgan fingerprint density at radius 2 is 1.00 bits per heavy atom. The first kappa shape index (κ1) is 65.2. The molecule has 0 aliphatic carbocycles. The van der Waals surface area contributed by atoms with E-state index in [0.717, 1.165) is 39.7 Å². The summed E-state index contributed by atoms with van der Waals surface area (Å²) in [7, 11) is 9.75. The van der Waals surface area contributed by atoms with Crippen LogP contribution >= 0.6 is 0 Å². The summed E-state index contributed by atoms with van der Waals surface area (Å²) in [6.07, 6.45) is 6.00. The molecule has 19 nitrogen and oxygen atoms in total. The third-order valence-corrected chi connectivity index (χ3v) is 10.7. The van der Waals surface area contributed by atoms with E-state index in [1.807, 2.05) is 60.7 Å². The SMILES string of the molecule is CCOC(=O)c1ccc(C(C)OC)nc1.CCOC(=O)c1cccc(C(C)OC)n1.CCOC(=O)c1cccnc1C(C)OC.CCOC(=O)c1ccnc(C(C)OC)c1.COc1c(C)cnc(C(C)OC)c1C. The lowest BCUT2D eigenvalue weighted by Gasteiger charge is -2.15. The van der Waals surface area contributed by atoms with Crippen LogP contribution in [0.4, 0.5) is 0 Å². The molecule has 0 amide bonds. The second-order valence-electron chi connectivity index (χ2n) is 15.6. The maximum absolute atomic E-state index is 11.6. The van der Waals surface area contributed by atoms with Gasteiger partial charge < -0.3 is 47.4 Å². The smallest absolute Gasteiger partial charge is 0.356 e. The predicted molar refractivity (Wildman–Crippen MR) is 278 cm³/mol. The topological polar surface area (TPSA) is 225 Å². The second kappa shape index (κ2) is 36.2. The van der Waals surface area contributed by atoms with Gasteiger partial charge in [0.1, 0.15) is 11.4 Å². The zero-order valence-electron chi connectivity index (χ0n) is 46.2. The quantitative estimate of drug-likeness (QED) is 0.0553. The van der Waals surface area contributed by atoms with Crippen LogP contribution < -0.4 is 4.74 Å². The van der Waals surface area contributed by atoms with Gasteiger partial charge in [0.25, 0.3) is 0 Å². The molecule has 0 spiro atoms. The molecule has 5 aromatic heterocycles. The fraction of sp³-hybridized carbons (Fsp3) is 0.473. The fourth-order valence-corrected chi connectivity index (χ4v) is 6.16. The molecule has 0 saturated heterocycles. The van der Waals surface area contributed by atoms with E-state index >= 15 is 0 Å². The number of aromatic nitrogens is 5. The van der Waals surface area contributed by atoms with Crippen molar-refractivity contribution in [2.24, 2.45) is 0 Å². The standard InChI is InChI=1S/4C11H15NO3.C11H17NO2/c1-4-15-11(13)9-5-6-12-10(7-9)8(2)14-3;1-4-15-11(13)9-5-6-10(12-7-9)8(2)14-3;1-4-15-11(13)9-6-5-7-12-10(9)8(2)14-3;1-4-15-11(13)10-7-5-6-9(12-10)8(2)14-3;1-7-6-12-10(9(3)13-4)8(2)11(7)14-5/h4*5-8H,4H2,1-3H3;6,9H,1-5H3. The average Bonchev–Trinajstić information content (AvgIpc) is 3.43. The molecule has 5 rings (SSSR count). The molecule has 0 fully saturated rings. The van der Waals surface area contributed by atoms with Gasteiger partial charge >= 0.3 is 23.9 Å². The number of methoxy groups -OCH3 is 6. The number of ether oxygens (including phenoxy) is 10. The maximum Gasteiger partial charge on any atom is 0.356 e. The van der Waals surface area contributed by atoms with E-state index in [1.165, 1.54) is 6.20 Å². The Hall–Kier alpha value is -6.77. The lowest BCUT2D eigenvalue weighted by molar-refractivity contribution is 0.0505. The number of hydrogen-bond donors (Lipinski definition) is 0. The van der Waals surface area contributed by atoms with Gasteiger partial charge in [0, 0.05) is 71.5 Å². The normalized spacial score (nSPS) is 12.3. The van der Waals surface area contributed by atoms with Crippen molar-refractivity contribution in [1.82, 2.24) is 24.9 Å². The molecule has 0 aromatic carbocycles. The van der Waals surface area contributed by atoms with Gasteiger partial charge in [-0.15, -0.1) is 0 Å². The Morgan fingerprint density at radius 3 is 1.54 bits per heavy atom. The Kier molecular flexibility index (Phi) is 31.9. The van der Waals surface area contributed by atoms with Crippen LogP contribution in [0.25, 0.3) is 0 Å². The first-order chi connectivity index (χ1) is 35.4. The van der Waals surface area contributed by atoms with Crippen molar-refractivity contribution in [1.29, 1.82) is 0 Å². The van der Waals surface area contributed by atoms with Gasteiger partial charge in [-0.25, -0.2) is 24.2 Å². The van der Waals surface area contributed by atoms with Gasteiger partial charge in [-0.3, -0.25) is 19.9 Å². The Labute approximate surface area is 437 Å². The average molecular weight is 1030 g/mol. The van der Waals surface area contributed by atoms with Crippen molar-refractivity contribution in [3.05, 3.63) is 141 Å². The van der Waals surface area contributed by atoms with E-state index in [2.05, 4.69) is 24.9 Å². The largest absolute Gasteiger partial charge is 0.496 e. The van der Waals surface area contributed by atoms with Gasteiger partial charge in [-0.2, -0.15) is 0 Å². The zero-order chi connectivity index (χ0) is 55.8. The molecule has 0 saturated carbocycles. The highest BCUT2D eigenvalue weighted by Gasteiger charge is 2.18. The summed E-state index contributed by atoms with van der Waals surface area (Å²) in [5.74, 6) is -0.530. The molecule has 5 heterocycles. The minimum Gasteiger partial charge on any atom is -0.496 e. The highest BCUT2D eigenvalue weighted by atomic mass is 16.5. The molecule has 0 aliphatic rings. The summed E-state index contributed by atoms with van der Waals surface area (Å²) >= 11 is 0. The van der Waals surface area contributed by atoms with Crippen LogP contribution in [-0.2, 0) is 42.6 Å². The third kappa shape index (κ3) is 21.8. The summed E-state index contributed by atoms with van der Waals surface area (Å²) in [4.78, 5) is 66.6. The zero-order valence-corrected chi connectivity index (χ0v) is 46.2. The van der Waals surface area contributed by atoms with Crippen molar-refractivity contribution in [2.75, 3.05) is 69.1 Å². The van der Waals surface area contributed by atoms with Gasteiger partial charge in [-0.1, -0.05) is 6.07 Å². The first-order valence-corrected chi connectivity index (χ1v) is 24.0. The predicted octanol–water partition coefficient (Wildman–Crippen LogP) is 10.3. The van der Waals surface area contributed by atoms with Gasteiger partial charge in [-0.05, 0) is 125 Å². The number of aryl methyl sites for hydroxylation is 1. The van der Waals surface area contributed by atoms with E-state index in [4.69, 9.17) is 47.4 Å². The van der Waals surface area contributed by atoms with Crippen molar-refractivity contribution >= 4 is 23.9 Å². The first-order valence-electron chi connectivity index (χ1n) is 24.0. The van der Waals surface area contributed by atoms with E-state index in [9.17, 15) is 19.2 Å². The fourth-order valence-electron chi connectivity index (χ4n) is 6.16. The van der Waals surface area contributed by atoms with E-state index in [-0.39, 0.29) is 48.4 Å². The highest BCUT2D eigenvalue weighted by molar-refractivity contribution is 5.91. The number of carbonyl (C=O) groups is 4. The number of carbonyl (C=O) groups excluding carboxylic acids is 4. The molecule has 5 unspecified atom stereocenters. The monoisotopic (exact) mass is 1030 g/mol. The summed E-state index contributed by atoms with van der Waals surface area (Å²) in [6.45, 7) is 22.0. The van der Waals surface area contributed by atoms with E-state index in [0.29, 0.717) is 54.5 Å². The highest BCUT2D eigenvalue weighted by Crippen LogP contribution is 2.28. The molecule has 5 aromatic rings. The molecular formula is C55H77N5O14. The Balaban J connectivity index is 0.000000463. The molecular weight excluding hydrogens is 955 g/mol. The van der Waals surface area contributed by atoms with Crippen molar-refractivity contribution < 1.29 is 66.5 Å². The number of esters is 4. The maximum atomic E-state index is 11.6. The van der Waals surface area contributed by atoms with Gasteiger partial charge in [0.05, 0.1) is 109 Å². The summed E-state index contributed by atoms with van der Waals surface area (Å²) in [5, 5.41) is 0. The molecule has 0 radical (unpaired) electrons. The molecule has 406 valence electrons. The number of hydrogen-bond acceptors (Lipinski definition) is 19. The van der Waals surface area contributed by atoms with Crippen LogP contribution in [0.5, 0.6) is 5.75 Å². The van der Waals surface area contributed by atoms with Gasteiger partial charge in [0.15, 0.2) is 0 Å². The van der Waals surface area contributed by atoms with Crippen molar-refractivity contribution in [3.8, 4) is 5.75 Å². The minimum atomic E-state index is -0.400. The lowest BCUT2D eigenvalue weighted by atomic mass is 10.1. The molecule has 0 bridgehead atoms. The summed E-state index contributed by atoms with van der Waals surface area (Å²) in [5.41, 5.74) is 7.66. The molecule has 74 heavy (non-hydrogen) atoms. The Morgan fingerprint density at radius 1 is 0.473 bits per heavy atom. The van der Waals surface area contributed by atoms with Crippen LogP contribution in [0.15, 0.2) is 79.4 Å². The van der Waals surface area contributed by atoms with Crippen LogP contribution in [0.3, 0.4) is 0 Å². The molecule has 19 heteroatoms. The summed E-state index contributed by atoms with van der Waals surface area (Å²) < 4.78 is 50.5. The summed E-state index contributed by atoms with van der Waals surface area (Å²) in [6, 6.07) is 15.4. The lowest BCUT2D eigenvalue weighted by Crippen LogP contribution is -2.12. The van der Waals surface area contributed by atoms with E-state index < -0.39 is 5.97 Å². The van der Waals surface area contributed by atoms with Crippen molar-refractivity contribution in [3.63, 3.8) is 0 Å². The van der Waals surface area contributed by atoms with E-state index in [1.54, 1.807) is 131 Å². The Bertz CT molecular complexity index is 2370. The number of pyridine rings is 5. The van der Waals surface area contributed by atoms with Gasteiger partial charge in [0.2, 0.25) is 0 Å². The van der Waals surface area contributed by atoms with Crippen LogP contribution in [-0.4, -0.2) is 118 Å². The molecule has 5 atom stereocenters. The van der Waals surface area contributed by atoms with Crippen LogP contribution in [0.1, 0.15) is 174 Å². The minimum absolute atomic E-state index is 0.00417. The third-order valence-electron chi connectivity index (χ3n) is 10.7. The molecule has 0 aliphatic heterocycles.